The number of rotatable bonds is 3. The van der Waals surface area contributed by atoms with Crippen molar-refractivity contribution in [2.24, 2.45) is 5.73 Å². The highest BCUT2D eigenvalue weighted by Crippen LogP contribution is 2.40. The van der Waals surface area contributed by atoms with Crippen LogP contribution in [0.1, 0.15) is 41.5 Å². The molecule has 1 aliphatic heterocycles. The first-order chi connectivity index (χ1) is 13.3. The number of fused-ring (bicyclic) bond motifs is 1. The third-order valence-electron chi connectivity index (χ3n) is 3.84. The number of Topliss-reactive ketones (excluding diaryl/α,β-unsaturated/α-hetero) is 1. The molecule has 0 bridgehead atoms. The number of carbonyl (C=O) groups is 3. The molecule has 1 aliphatic rings. The molecule has 0 spiro atoms. The Labute approximate surface area is 168 Å². The van der Waals surface area contributed by atoms with Gasteiger partial charge in [-0.25, -0.2) is 14.7 Å². The molecule has 2 heterocycles. The summed E-state index contributed by atoms with van der Waals surface area (Å²) in [6.07, 6.45) is 2.77. The minimum atomic E-state index is -1.17. The van der Waals surface area contributed by atoms with Crippen molar-refractivity contribution in [2.45, 2.75) is 26.7 Å². The fourth-order valence-corrected chi connectivity index (χ4v) is 2.88. The molecule has 0 radical (unpaired) electrons. The van der Waals surface area contributed by atoms with Crippen LogP contribution in [-0.2, 0) is 4.79 Å². The van der Waals surface area contributed by atoms with E-state index in [-0.39, 0.29) is 5.69 Å². The molecule has 8 nitrogen and oxygen atoms in total. The van der Waals surface area contributed by atoms with Crippen LogP contribution in [-0.4, -0.2) is 40.8 Å². The van der Waals surface area contributed by atoms with E-state index in [0.717, 1.165) is 11.4 Å². The van der Waals surface area contributed by atoms with Crippen molar-refractivity contribution in [2.75, 3.05) is 18.0 Å². The molecule has 1 unspecified atom stereocenters. The molecule has 0 aliphatic carbocycles. The van der Waals surface area contributed by atoms with Crippen LogP contribution in [0.3, 0.4) is 0 Å². The topological polar surface area (TPSA) is 118 Å². The summed E-state index contributed by atoms with van der Waals surface area (Å²) >= 11 is 6.03. The zero-order chi connectivity index (χ0) is 20.8. The second kappa shape index (κ2) is 9.38. The number of ketones is 1. The van der Waals surface area contributed by atoms with Crippen LogP contribution < -0.4 is 16.0 Å². The predicted molar refractivity (Wildman–Crippen MR) is 107 cm³/mol. The molecule has 28 heavy (non-hydrogen) atoms. The first-order valence-electron chi connectivity index (χ1n) is 8.79. The lowest BCUT2D eigenvalue weighted by Gasteiger charge is -2.16. The average molecular weight is 404 g/mol. The molecule has 1 aromatic heterocycles. The smallest absolute Gasteiger partial charge is 0.328 e. The third-order valence-corrected chi connectivity index (χ3v) is 4.07. The number of hydrogen-bond acceptors (Lipinski definition) is 6. The van der Waals surface area contributed by atoms with Crippen molar-refractivity contribution < 1.29 is 14.4 Å². The maximum absolute atomic E-state index is 12.8. The van der Waals surface area contributed by atoms with E-state index in [9.17, 15) is 14.4 Å². The highest BCUT2D eigenvalue weighted by Gasteiger charge is 2.45. The van der Waals surface area contributed by atoms with Gasteiger partial charge in [-0.3, -0.25) is 14.6 Å². The lowest BCUT2D eigenvalue weighted by molar-refractivity contribution is -0.117. The number of hydrogen-bond donors (Lipinski definition) is 2. The van der Waals surface area contributed by atoms with Crippen molar-refractivity contribution in [3.05, 3.63) is 52.6 Å². The Hall–Kier alpha value is -2.84. The molecule has 1 atom stereocenters. The van der Waals surface area contributed by atoms with Crippen LogP contribution in [0.4, 0.5) is 10.5 Å². The fraction of sp³-hybridized carbons (Fsp3) is 0.316. The number of urea groups is 1. The maximum Gasteiger partial charge on any atom is 0.328 e. The van der Waals surface area contributed by atoms with Gasteiger partial charge < -0.3 is 11.1 Å². The summed E-state index contributed by atoms with van der Waals surface area (Å²) in [5.41, 5.74) is 6.30. The summed E-state index contributed by atoms with van der Waals surface area (Å²) in [6.45, 7) is 6.49. The highest BCUT2D eigenvalue weighted by atomic mass is 35.5. The normalized spacial score (nSPS) is 14.8. The van der Waals surface area contributed by atoms with Crippen LogP contribution in [0.5, 0.6) is 0 Å². The summed E-state index contributed by atoms with van der Waals surface area (Å²) in [4.78, 5) is 47.0. The Morgan fingerprint density at radius 3 is 2.50 bits per heavy atom. The summed E-state index contributed by atoms with van der Waals surface area (Å²) in [7, 11) is 0. The molecule has 0 saturated heterocycles. The van der Waals surface area contributed by atoms with Crippen molar-refractivity contribution >= 4 is 35.0 Å². The standard InChI is InChI=1S/C17H15ClN4O3.C2H7N/c1-3-19-17(25)22-13-5-4-10(18)6-11(13)14(16(22)24)15(23)12-8-20-9(2)7-21-12;1-2-3/h4-8,14H,3H2,1-2H3,(H,19,25);2-3H2,1H3. The molecule has 9 heteroatoms. The number of anilines is 1. The monoisotopic (exact) mass is 403 g/mol. The van der Waals surface area contributed by atoms with Crippen molar-refractivity contribution in [1.29, 1.82) is 0 Å². The van der Waals surface area contributed by atoms with E-state index in [1.54, 1.807) is 26.0 Å². The van der Waals surface area contributed by atoms with Crippen molar-refractivity contribution in [3.8, 4) is 0 Å². The average Bonchev–Trinajstić information content (AvgIpc) is 2.93. The molecular formula is C19H22ClN5O3. The molecule has 0 fully saturated rings. The Morgan fingerprint density at radius 1 is 1.25 bits per heavy atom. The molecule has 148 valence electrons. The number of benzene rings is 1. The zero-order valence-electron chi connectivity index (χ0n) is 15.9. The Kier molecular flexibility index (Phi) is 7.19. The molecule has 0 saturated carbocycles. The summed E-state index contributed by atoms with van der Waals surface area (Å²) in [6, 6.07) is 4.07. The fourth-order valence-electron chi connectivity index (χ4n) is 2.70. The van der Waals surface area contributed by atoms with Crippen molar-refractivity contribution in [1.82, 2.24) is 15.3 Å². The number of amides is 3. The second-order valence-electron chi connectivity index (χ2n) is 5.96. The predicted octanol–water partition coefficient (Wildman–Crippen LogP) is 2.45. The Bertz CT molecular complexity index is 886. The van der Waals surface area contributed by atoms with Crippen LogP contribution >= 0.6 is 11.6 Å². The van der Waals surface area contributed by atoms with Gasteiger partial charge >= 0.3 is 6.03 Å². The number of nitrogens with zero attached hydrogens (tertiary/aromatic N) is 3. The minimum Gasteiger partial charge on any atom is -0.338 e. The second-order valence-corrected chi connectivity index (χ2v) is 6.40. The van der Waals surface area contributed by atoms with Gasteiger partial charge in [0.15, 0.2) is 5.78 Å². The van der Waals surface area contributed by atoms with Gasteiger partial charge in [-0.05, 0) is 44.2 Å². The van der Waals surface area contributed by atoms with Gasteiger partial charge in [-0.2, -0.15) is 0 Å². The van der Waals surface area contributed by atoms with E-state index in [4.69, 9.17) is 17.3 Å². The summed E-state index contributed by atoms with van der Waals surface area (Å²) < 4.78 is 0. The van der Waals surface area contributed by atoms with Crippen LogP contribution in [0.2, 0.25) is 5.02 Å². The molecule has 1 aromatic carbocycles. The number of nitrogens with two attached hydrogens (primary N) is 1. The molecular weight excluding hydrogens is 382 g/mol. The third kappa shape index (κ3) is 4.35. The number of halogens is 1. The quantitative estimate of drug-likeness (QED) is 0.600. The van der Waals surface area contributed by atoms with Crippen LogP contribution in [0.15, 0.2) is 30.6 Å². The molecule has 3 amide bonds. The first kappa shape index (κ1) is 21.5. The SMILES string of the molecule is CCN.CCNC(=O)N1C(=O)C(C(=O)c2cnc(C)cn2)c2cc(Cl)ccc21. The largest absolute Gasteiger partial charge is 0.338 e. The van der Waals surface area contributed by atoms with Gasteiger partial charge in [0.25, 0.3) is 5.91 Å². The van der Waals surface area contributed by atoms with E-state index < -0.39 is 23.6 Å². The van der Waals surface area contributed by atoms with Gasteiger partial charge in [-0.1, -0.05) is 18.5 Å². The Morgan fingerprint density at radius 2 is 1.93 bits per heavy atom. The lowest BCUT2D eigenvalue weighted by Crippen LogP contribution is -2.43. The lowest BCUT2D eigenvalue weighted by atomic mass is 9.94. The van der Waals surface area contributed by atoms with Crippen LogP contribution in [0, 0.1) is 6.92 Å². The van der Waals surface area contributed by atoms with E-state index in [1.165, 1.54) is 18.5 Å². The number of aromatic nitrogens is 2. The van der Waals surface area contributed by atoms with Crippen molar-refractivity contribution in [3.63, 3.8) is 0 Å². The summed E-state index contributed by atoms with van der Waals surface area (Å²) in [5, 5.41) is 2.95. The van der Waals surface area contributed by atoms with Gasteiger partial charge in [0.1, 0.15) is 11.6 Å². The minimum absolute atomic E-state index is 0.0626. The van der Waals surface area contributed by atoms with Gasteiger partial charge in [0.2, 0.25) is 0 Å². The van der Waals surface area contributed by atoms with E-state index in [2.05, 4.69) is 15.3 Å². The van der Waals surface area contributed by atoms with Crippen LogP contribution in [0.25, 0.3) is 0 Å². The van der Waals surface area contributed by atoms with E-state index in [0.29, 0.717) is 28.5 Å². The van der Waals surface area contributed by atoms with E-state index in [1.807, 2.05) is 6.92 Å². The number of aryl methyl sites for hydroxylation is 1. The first-order valence-corrected chi connectivity index (χ1v) is 9.17. The van der Waals surface area contributed by atoms with Gasteiger partial charge in [-0.15, -0.1) is 0 Å². The summed E-state index contributed by atoms with van der Waals surface area (Å²) in [5.74, 6) is -2.32. The highest BCUT2D eigenvalue weighted by molar-refractivity contribution is 6.33. The molecule has 2 aromatic rings. The Balaban J connectivity index is 0.000000878. The maximum atomic E-state index is 12.8. The van der Waals surface area contributed by atoms with Gasteiger partial charge in [0, 0.05) is 17.8 Å². The van der Waals surface area contributed by atoms with E-state index >= 15 is 0 Å². The zero-order valence-corrected chi connectivity index (χ0v) is 16.7. The number of nitrogens with one attached hydrogen (secondary N) is 1. The number of imide groups is 1. The number of carbonyl (C=O) groups excluding carboxylic acids is 3. The molecule has 3 N–H and O–H groups in total. The van der Waals surface area contributed by atoms with Gasteiger partial charge in [0.05, 0.1) is 17.6 Å². The molecule has 3 rings (SSSR count).